The Hall–Kier alpha value is -0.210. The van der Waals surface area contributed by atoms with Gasteiger partial charge in [-0.1, -0.05) is 32.4 Å². The fraction of sp³-hybridized carbons (Fsp3) is 0.400. The monoisotopic (exact) mass is 262 g/mol. The van der Waals surface area contributed by atoms with Gasteiger partial charge in [-0.05, 0) is 33.5 Å². The van der Waals surface area contributed by atoms with E-state index in [2.05, 4.69) is 15.9 Å². The molecular weight excluding hydrogens is 251 g/mol. The summed E-state index contributed by atoms with van der Waals surface area (Å²) in [5.74, 6) is 0.281. The van der Waals surface area contributed by atoms with E-state index in [0.29, 0.717) is 5.02 Å². The first-order valence-electron chi connectivity index (χ1n) is 4.01. The maximum atomic E-state index is 9.66. The van der Waals surface area contributed by atoms with E-state index in [-0.39, 0.29) is 11.2 Å². The van der Waals surface area contributed by atoms with E-state index in [1.54, 1.807) is 12.1 Å². The van der Waals surface area contributed by atoms with Crippen molar-refractivity contribution in [2.24, 2.45) is 0 Å². The molecular formula is C10H12BrClO. The number of aromatic hydroxyl groups is 1. The van der Waals surface area contributed by atoms with Crippen molar-refractivity contribution in [3.8, 4) is 5.75 Å². The Kier molecular flexibility index (Phi) is 2.93. The van der Waals surface area contributed by atoms with Gasteiger partial charge in [0.25, 0.3) is 0 Å². The van der Waals surface area contributed by atoms with Crippen LogP contribution in [0.4, 0.5) is 0 Å². The van der Waals surface area contributed by atoms with E-state index >= 15 is 0 Å². The number of hydrogen-bond acceptors (Lipinski definition) is 1. The summed E-state index contributed by atoms with van der Waals surface area (Å²) in [6, 6.07) is 3.42. The molecule has 13 heavy (non-hydrogen) atoms. The molecule has 0 aromatic heterocycles. The summed E-state index contributed by atoms with van der Waals surface area (Å²) in [5.41, 5.74) is 0.773. The normalized spacial score (nSPS) is 11.8. The average molecular weight is 264 g/mol. The molecule has 0 saturated heterocycles. The van der Waals surface area contributed by atoms with E-state index in [9.17, 15) is 5.11 Å². The Morgan fingerprint density at radius 2 is 1.85 bits per heavy atom. The van der Waals surface area contributed by atoms with Gasteiger partial charge in [0.1, 0.15) is 5.75 Å². The van der Waals surface area contributed by atoms with Gasteiger partial charge in [-0.15, -0.1) is 0 Å². The van der Waals surface area contributed by atoms with Crippen molar-refractivity contribution in [1.82, 2.24) is 0 Å². The van der Waals surface area contributed by atoms with Gasteiger partial charge in [-0.2, -0.15) is 0 Å². The van der Waals surface area contributed by atoms with Crippen molar-refractivity contribution < 1.29 is 5.11 Å². The van der Waals surface area contributed by atoms with Crippen molar-refractivity contribution in [3.63, 3.8) is 0 Å². The minimum absolute atomic E-state index is 0.0889. The minimum atomic E-state index is -0.0889. The molecule has 0 radical (unpaired) electrons. The first-order chi connectivity index (χ1) is 5.82. The molecule has 0 aliphatic rings. The van der Waals surface area contributed by atoms with E-state index in [0.717, 1.165) is 10.0 Å². The van der Waals surface area contributed by atoms with E-state index < -0.39 is 0 Å². The zero-order chi connectivity index (χ0) is 10.2. The van der Waals surface area contributed by atoms with Crippen molar-refractivity contribution in [2.45, 2.75) is 26.2 Å². The van der Waals surface area contributed by atoms with Crippen molar-refractivity contribution in [1.29, 1.82) is 0 Å². The molecule has 72 valence electrons. The fourth-order valence-electron chi connectivity index (χ4n) is 1.14. The van der Waals surface area contributed by atoms with Crippen molar-refractivity contribution in [3.05, 3.63) is 27.2 Å². The second-order valence-electron chi connectivity index (χ2n) is 4.03. The molecule has 0 unspecified atom stereocenters. The van der Waals surface area contributed by atoms with Gasteiger partial charge in [0.15, 0.2) is 0 Å². The molecule has 0 amide bonds. The molecule has 1 nitrogen and oxygen atoms in total. The van der Waals surface area contributed by atoms with Gasteiger partial charge in [0.05, 0.1) is 5.02 Å². The van der Waals surface area contributed by atoms with Gasteiger partial charge >= 0.3 is 0 Å². The summed E-state index contributed by atoms with van der Waals surface area (Å²) in [5, 5.41) is 10.3. The lowest BCUT2D eigenvalue weighted by molar-refractivity contribution is 0.446. The van der Waals surface area contributed by atoms with Crippen LogP contribution in [-0.4, -0.2) is 5.11 Å². The van der Waals surface area contributed by atoms with E-state index in [4.69, 9.17) is 11.6 Å². The maximum absolute atomic E-state index is 9.66. The molecule has 0 aliphatic carbocycles. The third kappa shape index (κ3) is 2.38. The predicted molar refractivity (Wildman–Crippen MR) is 59.5 cm³/mol. The van der Waals surface area contributed by atoms with Crippen LogP contribution in [0, 0.1) is 0 Å². The predicted octanol–water partition coefficient (Wildman–Crippen LogP) is 4.11. The standard InChI is InChI=1S/C10H12BrClO/c1-10(2,3)6-4-8(12)7(11)5-9(6)13/h4-5,13H,1-3H3. The molecule has 0 heterocycles. The lowest BCUT2D eigenvalue weighted by Gasteiger charge is -2.20. The summed E-state index contributed by atoms with van der Waals surface area (Å²) in [6.45, 7) is 6.10. The molecule has 1 rings (SSSR count). The number of phenolic OH excluding ortho intramolecular Hbond substituents is 1. The van der Waals surface area contributed by atoms with Gasteiger partial charge in [-0.3, -0.25) is 0 Å². The number of hydrogen-bond donors (Lipinski definition) is 1. The Morgan fingerprint density at radius 1 is 1.31 bits per heavy atom. The highest BCUT2D eigenvalue weighted by molar-refractivity contribution is 9.10. The average Bonchev–Trinajstić information content (AvgIpc) is 1.94. The lowest BCUT2D eigenvalue weighted by atomic mass is 9.86. The van der Waals surface area contributed by atoms with Crippen molar-refractivity contribution >= 4 is 27.5 Å². The molecule has 1 N–H and O–H groups in total. The topological polar surface area (TPSA) is 20.2 Å². The third-order valence-corrected chi connectivity index (χ3v) is 3.04. The van der Waals surface area contributed by atoms with Crippen LogP contribution < -0.4 is 0 Å². The van der Waals surface area contributed by atoms with Crippen LogP contribution in [0.15, 0.2) is 16.6 Å². The first kappa shape index (κ1) is 10.9. The van der Waals surface area contributed by atoms with Gasteiger partial charge in [0, 0.05) is 10.0 Å². The zero-order valence-electron chi connectivity index (χ0n) is 7.86. The molecule has 0 fully saturated rings. The molecule has 0 bridgehead atoms. The van der Waals surface area contributed by atoms with Crippen LogP contribution in [0.2, 0.25) is 5.02 Å². The second-order valence-corrected chi connectivity index (χ2v) is 5.30. The smallest absolute Gasteiger partial charge is 0.120 e. The van der Waals surface area contributed by atoms with Crippen LogP contribution >= 0.6 is 27.5 Å². The third-order valence-electron chi connectivity index (χ3n) is 1.85. The fourth-order valence-corrected chi connectivity index (χ4v) is 1.63. The maximum Gasteiger partial charge on any atom is 0.120 e. The molecule has 1 aromatic rings. The summed E-state index contributed by atoms with van der Waals surface area (Å²) in [4.78, 5) is 0. The lowest BCUT2D eigenvalue weighted by Crippen LogP contribution is -2.11. The summed E-state index contributed by atoms with van der Waals surface area (Å²) in [6.07, 6.45) is 0. The largest absolute Gasteiger partial charge is 0.508 e. The molecule has 1 aromatic carbocycles. The SMILES string of the molecule is CC(C)(C)c1cc(Cl)c(Br)cc1O. The molecule has 3 heteroatoms. The molecule has 0 saturated carbocycles. The Bertz CT molecular complexity index is 328. The first-order valence-corrected chi connectivity index (χ1v) is 5.18. The molecule has 0 spiro atoms. The molecule has 0 aliphatic heterocycles. The molecule has 0 atom stereocenters. The highest BCUT2D eigenvalue weighted by Crippen LogP contribution is 2.36. The number of rotatable bonds is 0. The van der Waals surface area contributed by atoms with Crippen LogP contribution in [0.5, 0.6) is 5.75 Å². The quantitative estimate of drug-likeness (QED) is 0.747. The van der Waals surface area contributed by atoms with Gasteiger partial charge < -0.3 is 5.11 Å². The highest BCUT2D eigenvalue weighted by atomic mass is 79.9. The minimum Gasteiger partial charge on any atom is -0.508 e. The summed E-state index contributed by atoms with van der Waals surface area (Å²) >= 11 is 9.19. The zero-order valence-corrected chi connectivity index (χ0v) is 10.2. The Morgan fingerprint density at radius 3 is 2.31 bits per heavy atom. The van der Waals surface area contributed by atoms with Gasteiger partial charge in [-0.25, -0.2) is 0 Å². The van der Waals surface area contributed by atoms with Gasteiger partial charge in [0.2, 0.25) is 0 Å². The summed E-state index contributed by atoms with van der Waals surface area (Å²) in [7, 11) is 0. The number of halogens is 2. The van der Waals surface area contributed by atoms with E-state index in [1.165, 1.54) is 0 Å². The van der Waals surface area contributed by atoms with Crippen molar-refractivity contribution in [2.75, 3.05) is 0 Å². The van der Waals surface area contributed by atoms with Crippen LogP contribution in [0.1, 0.15) is 26.3 Å². The van der Waals surface area contributed by atoms with E-state index in [1.807, 2.05) is 20.8 Å². The van der Waals surface area contributed by atoms with Crippen LogP contribution in [0.3, 0.4) is 0 Å². The van der Waals surface area contributed by atoms with Crippen LogP contribution in [0.25, 0.3) is 0 Å². The van der Waals surface area contributed by atoms with Crippen LogP contribution in [-0.2, 0) is 5.41 Å². The highest BCUT2D eigenvalue weighted by Gasteiger charge is 2.19. The second kappa shape index (κ2) is 3.50. The number of phenols is 1. The number of benzene rings is 1. The Labute approximate surface area is 91.9 Å². The summed E-state index contributed by atoms with van der Waals surface area (Å²) < 4.78 is 0.722. The Balaban J connectivity index is 3.32.